The van der Waals surface area contributed by atoms with Crippen molar-refractivity contribution in [3.63, 3.8) is 0 Å². The fourth-order valence-corrected chi connectivity index (χ4v) is 1.66. The Bertz CT molecular complexity index is 679. The lowest BCUT2D eigenvalue weighted by Gasteiger charge is -2.02. The number of hydrogen-bond acceptors (Lipinski definition) is 4. The molecular formula is C15H10ClN2O3-. The normalized spacial score (nSPS) is 10.5. The Balaban J connectivity index is 1.97. The minimum atomic E-state index is -1.24. The van der Waals surface area contributed by atoms with Crippen LogP contribution in [0.3, 0.4) is 0 Å². The van der Waals surface area contributed by atoms with Gasteiger partial charge in [-0.3, -0.25) is 4.79 Å². The van der Waals surface area contributed by atoms with Gasteiger partial charge in [0.1, 0.15) is 0 Å². The highest BCUT2D eigenvalue weighted by Crippen LogP contribution is 2.09. The molecule has 5 nitrogen and oxygen atoms in total. The summed E-state index contributed by atoms with van der Waals surface area (Å²) in [4.78, 5) is 22.3. The zero-order chi connectivity index (χ0) is 15.2. The molecule has 0 aliphatic carbocycles. The minimum Gasteiger partial charge on any atom is -0.545 e. The van der Waals surface area contributed by atoms with E-state index < -0.39 is 5.97 Å². The number of hydrogen-bond donors (Lipinski definition) is 1. The van der Waals surface area contributed by atoms with E-state index in [0.717, 1.165) is 0 Å². The molecule has 0 radical (unpaired) electrons. The van der Waals surface area contributed by atoms with Gasteiger partial charge in [0.15, 0.2) is 0 Å². The summed E-state index contributed by atoms with van der Waals surface area (Å²) in [5.74, 6) is -1.61. The number of nitrogens with one attached hydrogen (secondary N) is 1. The Labute approximate surface area is 125 Å². The lowest BCUT2D eigenvalue weighted by molar-refractivity contribution is -0.255. The van der Waals surface area contributed by atoms with Crippen LogP contribution >= 0.6 is 11.6 Å². The molecule has 0 bridgehead atoms. The summed E-state index contributed by atoms with van der Waals surface area (Å²) in [6.45, 7) is 0. The predicted octanol–water partition coefficient (Wildman–Crippen LogP) is 1.47. The first kappa shape index (κ1) is 14.7. The van der Waals surface area contributed by atoms with E-state index in [-0.39, 0.29) is 11.5 Å². The number of rotatable bonds is 4. The molecule has 0 spiro atoms. The number of carboxylic acid groups (broad SMARTS) is 1. The quantitative estimate of drug-likeness (QED) is 0.686. The Morgan fingerprint density at radius 3 is 2.14 bits per heavy atom. The van der Waals surface area contributed by atoms with Gasteiger partial charge in [-0.1, -0.05) is 35.9 Å². The standard InChI is InChI=1S/C15H11ClN2O3/c16-13-7-5-11(6-8-13)14(19)18-17-9-10-1-3-12(4-2-10)15(20)21/h1-9H,(H,18,19)(H,20,21)/p-1/b17-9+. The van der Waals surface area contributed by atoms with E-state index in [2.05, 4.69) is 10.5 Å². The highest BCUT2D eigenvalue weighted by Gasteiger charge is 2.02. The molecule has 0 fully saturated rings. The van der Waals surface area contributed by atoms with Gasteiger partial charge in [0.05, 0.1) is 12.2 Å². The fourth-order valence-electron chi connectivity index (χ4n) is 1.54. The van der Waals surface area contributed by atoms with Crippen LogP contribution in [0.2, 0.25) is 5.02 Å². The minimum absolute atomic E-state index is 0.0809. The molecule has 1 amide bonds. The van der Waals surface area contributed by atoms with E-state index in [1.165, 1.54) is 18.3 Å². The van der Waals surface area contributed by atoms with Crippen molar-refractivity contribution in [1.29, 1.82) is 0 Å². The number of carbonyl (C=O) groups is 2. The first-order chi connectivity index (χ1) is 10.1. The Morgan fingerprint density at radius 2 is 1.57 bits per heavy atom. The van der Waals surface area contributed by atoms with E-state index in [4.69, 9.17) is 11.6 Å². The largest absolute Gasteiger partial charge is 0.545 e. The summed E-state index contributed by atoms with van der Waals surface area (Å²) < 4.78 is 0. The average Bonchev–Trinajstić information content (AvgIpc) is 2.48. The number of carbonyl (C=O) groups excluding carboxylic acids is 2. The van der Waals surface area contributed by atoms with Crippen molar-refractivity contribution in [3.05, 3.63) is 70.2 Å². The van der Waals surface area contributed by atoms with Crippen LogP contribution in [0.4, 0.5) is 0 Å². The number of halogens is 1. The molecule has 0 unspecified atom stereocenters. The van der Waals surface area contributed by atoms with Gasteiger partial charge in [0, 0.05) is 10.6 Å². The molecule has 106 valence electrons. The summed E-state index contributed by atoms with van der Waals surface area (Å²) in [6, 6.07) is 12.3. The van der Waals surface area contributed by atoms with Crippen LogP contribution in [0.25, 0.3) is 0 Å². The number of benzene rings is 2. The summed E-state index contributed by atoms with van der Waals surface area (Å²) in [7, 11) is 0. The first-order valence-electron chi connectivity index (χ1n) is 5.96. The maximum atomic E-state index is 11.7. The number of carboxylic acids is 1. The summed E-state index contributed by atoms with van der Waals surface area (Å²) >= 11 is 5.73. The molecule has 0 aliphatic rings. The van der Waals surface area contributed by atoms with Crippen LogP contribution in [0.1, 0.15) is 26.3 Å². The van der Waals surface area contributed by atoms with E-state index in [1.54, 1.807) is 36.4 Å². The zero-order valence-corrected chi connectivity index (χ0v) is 11.5. The van der Waals surface area contributed by atoms with E-state index in [1.807, 2.05) is 0 Å². The zero-order valence-electron chi connectivity index (χ0n) is 10.7. The molecule has 0 heterocycles. The van der Waals surface area contributed by atoms with Crippen LogP contribution in [0, 0.1) is 0 Å². The lowest BCUT2D eigenvalue weighted by Crippen LogP contribution is -2.22. The lowest BCUT2D eigenvalue weighted by atomic mass is 10.1. The first-order valence-corrected chi connectivity index (χ1v) is 6.34. The molecule has 2 aromatic rings. The Kier molecular flexibility index (Phi) is 4.68. The van der Waals surface area contributed by atoms with Crippen molar-refractivity contribution in [2.75, 3.05) is 0 Å². The van der Waals surface area contributed by atoms with Crippen LogP contribution in [0.5, 0.6) is 0 Å². The maximum absolute atomic E-state index is 11.7. The average molecular weight is 302 g/mol. The van der Waals surface area contributed by atoms with Crippen LogP contribution in [0.15, 0.2) is 53.6 Å². The molecule has 0 saturated heterocycles. The molecule has 0 atom stereocenters. The van der Waals surface area contributed by atoms with Crippen molar-refractivity contribution in [1.82, 2.24) is 5.43 Å². The number of nitrogens with zero attached hydrogens (tertiary/aromatic N) is 1. The van der Waals surface area contributed by atoms with Crippen LogP contribution < -0.4 is 10.5 Å². The molecule has 6 heteroatoms. The van der Waals surface area contributed by atoms with Gasteiger partial charge in [0.2, 0.25) is 0 Å². The second-order valence-electron chi connectivity index (χ2n) is 4.12. The fraction of sp³-hybridized carbons (Fsp3) is 0. The van der Waals surface area contributed by atoms with Gasteiger partial charge in [-0.25, -0.2) is 5.43 Å². The third-order valence-electron chi connectivity index (χ3n) is 2.63. The van der Waals surface area contributed by atoms with Gasteiger partial charge < -0.3 is 9.90 Å². The molecule has 0 aromatic heterocycles. The Morgan fingerprint density at radius 1 is 1.00 bits per heavy atom. The molecular weight excluding hydrogens is 292 g/mol. The monoisotopic (exact) mass is 301 g/mol. The topological polar surface area (TPSA) is 81.6 Å². The molecule has 1 N–H and O–H groups in total. The van der Waals surface area contributed by atoms with Crippen LogP contribution in [-0.2, 0) is 0 Å². The highest BCUT2D eigenvalue weighted by molar-refractivity contribution is 6.30. The number of amides is 1. The van der Waals surface area contributed by atoms with Gasteiger partial charge in [-0.2, -0.15) is 5.10 Å². The maximum Gasteiger partial charge on any atom is 0.271 e. The molecule has 0 saturated carbocycles. The van der Waals surface area contributed by atoms with Gasteiger partial charge in [0.25, 0.3) is 5.91 Å². The highest BCUT2D eigenvalue weighted by atomic mass is 35.5. The van der Waals surface area contributed by atoms with Gasteiger partial charge in [-0.15, -0.1) is 0 Å². The molecule has 2 rings (SSSR count). The van der Waals surface area contributed by atoms with Crippen molar-refractivity contribution < 1.29 is 14.7 Å². The van der Waals surface area contributed by atoms with Gasteiger partial charge >= 0.3 is 0 Å². The summed E-state index contributed by atoms with van der Waals surface area (Å²) in [5.41, 5.74) is 3.53. The summed E-state index contributed by atoms with van der Waals surface area (Å²) in [6.07, 6.45) is 1.41. The SMILES string of the molecule is O=C([O-])c1ccc(/C=N/NC(=O)c2ccc(Cl)cc2)cc1. The van der Waals surface area contributed by atoms with E-state index in [0.29, 0.717) is 16.1 Å². The van der Waals surface area contributed by atoms with Crippen molar-refractivity contribution in [2.45, 2.75) is 0 Å². The van der Waals surface area contributed by atoms with Crippen molar-refractivity contribution in [3.8, 4) is 0 Å². The second kappa shape index (κ2) is 6.67. The van der Waals surface area contributed by atoms with Crippen molar-refractivity contribution in [2.24, 2.45) is 5.10 Å². The molecule has 2 aromatic carbocycles. The smallest absolute Gasteiger partial charge is 0.271 e. The third kappa shape index (κ3) is 4.15. The molecule has 21 heavy (non-hydrogen) atoms. The number of aromatic carboxylic acids is 1. The Hall–Kier alpha value is -2.66. The third-order valence-corrected chi connectivity index (χ3v) is 2.88. The number of hydrazone groups is 1. The predicted molar refractivity (Wildman–Crippen MR) is 77.3 cm³/mol. The van der Waals surface area contributed by atoms with E-state index in [9.17, 15) is 14.7 Å². The molecule has 0 aliphatic heterocycles. The second-order valence-corrected chi connectivity index (χ2v) is 4.55. The van der Waals surface area contributed by atoms with Crippen LogP contribution in [-0.4, -0.2) is 18.1 Å². The van der Waals surface area contributed by atoms with Crippen molar-refractivity contribution >= 4 is 29.7 Å². The summed E-state index contributed by atoms with van der Waals surface area (Å²) in [5, 5.41) is 14.9. The van der Waals surface area contributed by atoms with Gasteiger partial charge in [-0.05, 0) is 35.4 Å². The van der Waals surface area contributed by atoms with E-state index >= 15 is 0 Å².